The fourth-order valence-electron chi connectivity index (χ4n) is 2.93. The second-order valence-electron chi connectivity index (χ2n) is 5.30. The fourth-order valence-corrected chi connectivity index (χ4v) is 2.93. The molecule has 21 heavy (non-hydrogen) atoms. The van der Waals surface area contributed by atoms with Crippen molar-refractivity contribution in [3.8, 4) is 0 Å². The lowest BCUT2D eigenvalue weighted by Crippen LogP contribution is -2.38. The number of aromatic nitrogens is 2. The lowest BCUT2D eigenvalue weighted by molar-refractivity contribution is 0.0158. The molecule has 3 rings (SSSR count). The fraction of sp³-hybridized carbons (Fsp3) is 0.533. The van der Waals surface area contributed by atoms with Crippen LogP contribution in [0.3, 0.4) is 0 Å². The number of nitrogens with zero attached hydrogens (tertiary/aromatic N) is 3. The third-order valence-electron chi connectivity index (χ3n) is 3.99. The van der Waals surface area contributed by atoms with Crippen molar-refractivity contribution in [3.63, 3.8) is 0 Å². The highest BCUT2D eigenvalue weighted by Crippen LogP contribution is 2.25. The summed E-state index contributed by atoms with van der Waals surface area (Å²) in [5, 5.41) is 8.81. The molecule has 0 saturated carbocycles. The third kappa shape index (κ3) is 2.88. The molecule has 0 amide bonds. The Morgan fingerprint density at radius 2 is 2.14 bits per heavy atom. The maximum absolute atomic E-state index is 8.81. The Morgan fingerprint density at radius 1 is 1.33 bits per heavy atom. The van der Waals surface area contributed by atoms with Gasteiger partial charge in [0.25, 0.3) is 0 Å². The van der Waals surface area contributed by atoms with Crippen molar-refractivity contribution in [2.45, 2.75) is 25.5 Å². The highest BCUT2D eigenvalue weighted by molar-refractivity contribution is 5.56. The number of hydrogen-bond acceptors (Lipinski definition) is 5. The predicted octanol–water partition coefficient (Wildman–Crippen LogP) is 0.771. The average molecular weight is 290 g/mol. The molecule has 0 aliphatic carbocycles. The second kappa shape index (κ2) is 6.43. The Morgan fingerprint density at radius 3 is 2.86 bits per heavy atom. The van der Waals surface area contributed by atoms with E-state index in [0.29, 0.717) is 13.2 Å². The van der Waals surface area contributed by atoms with Crippen LogP contribution in [0.2, 0.25) is 0 Å². The zero-order valence-electron chi connectivity index (χ0n) is 12.1. The van der Waals surface area contributed by atoms with Gasteiger partial charge in [0.05, 0.1) is 25.0 Å². The van der Waals surface area contributed by atoms with Crippen LogP contribution in [0.1, 0.15) is 18.5 Å². The van der Waals surface area contributed by atoms with Crippen LogP contribution in [0.25, 0.3) is 5.65 Å². The van der Waals surface area contributed by atoms with Gasteiger partial charge in [-0.1, -0.05) is 6.07 Å². The number of anilines is 1. The van der Waals surface area contributed by atoms with Crippen molar-refractivity contribution in [2.24, 2.45) is 5.73 Å². The number of hydrogen-bond donors (Lipinski definition) is 2. The quantitative estimate of drug-likeness (QED) is 0.850. The Bertz CT molecular complexity index is 590. The molecule has 6 nitrogen and oxygen atoms in total. The van der Waals surface area contributed by atoms with E-state index < -0.39 is 0 Å². The van der Waals surface area contributed by atoms with Crippen molar-refractivity contribution < 1.29 is 9.84 Å². The van der Waals surface area contributed by atoms with Crippen LogP contribution in [0.5, 0.6) is 0 Å². The zero-order valence-corrected chi connectivity index (χ0v) is 12.1. The molecule has 114 valence electrons. The van der Waals surface area contributed by atoms with Gasteiger partial charge in [0.1, 0.15) is 5.65 Å². The molecule has 1 aliphatic heterocycles. The van der Waals surface area contributed by atoms with Gasteiger partial charge < -0.3 is 24.9 Å². The molecule has 1 saturated heterocycles. The molecule has 2 aromatic heterocycles. The number of aliphatic hydroxyl groups is 1. The molecule has 3 N–H and O–H groups in total. The highest BCUT2D eigenvalue weighted by Gasteiger charge is 2.23. The molecular weight excluding hydrogens is 268 g/mol. The number of rotatable bonds is 5. The molecular formula is C15H22N4O2. The van der Waals surface area contributed by atoms with Crippen LogP contribution < -0.4 is 10.6 Å². The van der Waals surface area contributed by atoms with Crippen LogP contribution in [0.4, 0.5) is 5.82 Å². The number of aliphatic hydroxyl groups excluding tert-OH is 1. The van der Waals surface area contributed by atoms with E-state index in [0.717, 1.165) is 43.1 Å². The molecule has 1 aliphatic rings. The van der Waals surface area contributed by atoms with Gasteiger partial charge in [-0.2, -0.15) is 0 Å². The maximum Gasteiger partial charge on any atom is 0.152 e. The lowest BCUT2D eigenvalue weighted by atomic mass is 10.1. The summed E-state index contributed by atoms with van der Waals surface area (Å²) in [7, 11) is 0. The number of nitrogens with two attached hydrogens (primary N) is 1. The van der Waals surface area contributed by atoms with E-state index in [1.807, 2.05) is 24.4 Å². The van der Waals surface area contributed by atoms with Crippen LogP contribution in [-0.2, 0) is 11.3 Å². The summed E-state index contributed by atoms with van der Waals surface area (Å²) in [5.74, 6) is 0.990. The summed E-state index contributed by atoms with van der Waals surface area (Å²) in [6.45, 7) is 2.80. The average Bonchev–Trinajstić information content (AvgIpc) is 2.92. The van der Waals surface area contributed by atoms with Gasteiger partial charge in [0.2, 0.25) is 0 Å². The molecule has 0 radical (unpaired) electrons. The van der Waals surface area contributed by atoms with E-state index in [9.17, 15) is 0 Å². The Labute approximate surface area is 124 Å². The van der Waals surface area contributed by atoms with Gasteiger partial charge in [-0.3, -0.25) is 0 Å². The molecule has 3 heterocycles. The summed E-state index contributed by atoms with van der Waals surface area (Å²) < 4.78 is 7.66. The minimum Gasteiger partial charge on any atom is -0.394 e. The van der Waals surface area contributed by atoms with Gasteiger partial charge >= 0.3 is 0 Å². The maximum atomic E-state index is 8.81. The molecule has 2 aromatic rings. The Kier molecular flexibility index (Phi) is 4.38. The van der Waals surface area contributed by atoms with Crippen LogP contribution in [-0.4, -0.2) is 46.9 Å². The zero-order chi connectivity index (χ0) is 14.7. The number of imidazole rings is 1. The monoisotopic (exact) mass is 290 g/mol. The van der Waals surface area contributed by atoms with E-state index in [1.165, 1.54) is 0 Å². The Balaban J connectivity index is 1.76. The standard InChI is InChI=1S/C15H22N4O2/c16-11-13-15(17-14-3-1-2-6-19(13)14)18-7-4-12(5-8-18)21-10-9-20/h1-3,6,12,20H,4-5,7-11,16H2. The molecule has 6 heteroatoms. The van der Waals surface area contributed by atoms with E-state index >= 15 is 0 Å². The van der Waals surface area contributed by atoms with Crippen molar-refractivity contribution >= 4 is 11.5 Å². The molecule has 1 fully saturated rings. The normalized spacial score (nSPS) is 16.8. The van der Waals surface area contributed by atoms with Crippen LogP contribution >= 0.6 is 0 Å². The molecule has 0 spiro atoms. The smallest absolute Gasteiger partial charge is 0.152 e. The second-order valence-corrected chi connectivity index (χ2v) is 5.30. The summed E-state index contributed by atoms with van der Waals surface area (Å²) in [5.41, 5.74) is 7.91. The van der Waals surface area contributed by atoms with Crippen LogP contribution in [0.15, 0.2) is 24.4 Å². The van der Waals surface area contributed by atoms with Gasteiger partial charge in [-0.15, -0.1) is 0 Å². The van der Waals surface area contributed by atoms with Crippen molar-refractivity contribution in [1.29, 1.82) is 0 Å². The first-order valence-corrected chi connectivity index (χ1v) is 7.47. The number of fused-ring (bicyclic) bond motifs is 1. The van der Waals surface area contributed by atoms with Crippen molar-refractivity contribution in [3.05, 3.63) is 30.1 Å². The molecule has 0 unspecified atom stereocenters. The first kappa shape index (κ1) is 14.3. The van der Waals surface area contributed by atoms with Crippen molar-refractivity contribution in [1.82, 2.24) is 9.38 Å². The van der Waals surface area contributed by atoms with E-state index in [4.69, 9.17) is 20.6 Å². The number of ether oxygens (including phenoxy) is 1. The highest BCUT2D eigenvalue weighted by atomic mass is 16.5. The molecule has 0 bridgehead atoms. The summed E-state index contributed by atoms with van der Waals surface area (Å²) in [6, 6.07) is 5.98. The van der Waals surface area contributed by atoms with Crippen molar-refractivity contribution in [2.75, 3.05) is 31.2 Å². The van der Waals surface area contributed by atoms with E-state index in [-0.39, 0.29) is 12.7 Å². The minimum atomic E-state index is 0.0873. The summed E-state index contributed by atoms with van der Waals surface area (Å²) in [4.78, 5) is 7.01. The molecule has 0 atom stereocenters. The van der Waals surface area contributed by atoms with E-state index in [2.05, 4.69) is 9.30 Å². The first-order chi connectivity index (χ1) is 10.3. The first-order valence-electron chi connectivity index (χ1n) is 7.47. The van der Waals surface area contributed by atoms with Gasteiger partial charge in [0.15, 0.2) is 5.82 Å². The topological polar surface area (TPSA) is 76.0 Å². The summed E-state index contributed by atoms with van der Waals surface area (Å²) >= 11 is 0. The Hall–Kier alpha value is -1.63. The van der Waals surface area contributed by atoms with Gasteiger partial charge in [0, 0.05) is 25.8 Å². The lowest BCUT2D eigenvalue weighted by Gasteiger charge is -2.32. The molecule has 0 aromatic carbocycles. The number of pyridine rings is 1. The van der Waals surface area contributed by atoms with Gasteiger partial charge in [-0.05, 0) is 25.0 Å². The summed E-state index contributed by atoms with van der Waals surface area (Å²) in [6.07, 6.45) is 4.16. The van der Waals surface area contributed by atoms with E-state index in [1.54, 1.807) is 0 Å². The largest absolute Gasteiger partial charge is 0.394 e. The third-order valence-corrected chi connectivity index (χ3v) is 3.99. The predicted molar refractivity (Wildman–Crippen MR) is 81.4 cm³/mol. The SMILES string of the molecule is NCc1c(N2CCC(OCCO)CC2)nc2ccccn12. The number of piperidine rings is 1. The van der Waals surface area contributed by atoms with Crippen LogP contribution in [0, 0.1) is 0 Å². The minimum absolute atomic E-state index is 0.0873. The van der Waals surface area contributed by atoms with Gasteiger partial charge in [-0.25, -0.2) is 4.98 Å².